The van der Waals surface area contributed by atoms with Gasteiger partial charge < -0.3 is 9.64 Å². The second kappa shape index (κ2) is 8.31. The minimum absolute atomic E-state index is 0.181. The maximum absolute atomic E-state index is 12.9. The maximum Gasteiger partial charge on any atom is 0.271 e. The van der Waals surface area contributed by atoms with Crippen molar-refractivity contribution in [1.29, 1.82) is 0 Å². The molecule has 7 nitrogen and oxygen atoms in total. The second-order valence-electron chi connectivity index (χ2n) is 7.22. The van der Waals surface area contributed by atoms with Gasteiger partial charge in [-0.05, 0) is 43.2 Å². The highest BCUT2D eigenvalue weighted by atomic mass is 32.2. The van der Waals surface area contributed by atoms with E-state index in [9.17, 15) is 13.2 Å². The van der Waals surface area contributed by atoms with Crippen molar-refractivity contribution in [2.45, 2.75) is 23.0 Å². The molecule has 8 heteroatoms. The number of carbonyl (C=O) groups excluding carboxylic acids is 1. The van der Waals surface area contributed by atoms with E-state index in [0.717, 1.165) is 5.56 Å². The number of ether oxygens (including phenoxy) is 1. The molecule has 156 valence electrons. The largest absolute Gasteiger partial charge is 0.496 e. The molecule has 0 spiro atoms. The summed E-state index contributed by atoms with van der Waals surface area (Å²) in [6.45, 7) is 0.775. The molecule has 1 amide bonds. The first kappa shape index (κ1) is 20.2. The van der Waals surface area contributed by atoms with Crippen LogP contribution in [0.1, 0.15) is 23.3 Å². The number of hydrogen-bond acceptors (Lipinski definition) is 5. The van der Waals surface area contributed by atoms with E-state index in [1.807, 2.05) is 24.3 Å². The molecule has 2 heterocycles. The van der Waals surface area contributed by atoms with Gasteiger partial charge in [-0.25, -0.2) is 8.42 Å². The number of methoxy groups -OCH3 is 1. The number of piperidine rings is 1. The van der Waals surface area contributed by atoms with Crippen LogP contribution >= 0.6 is 0 Å². The second-order valence-corrected chi connectivity index (χ2v) is 9.44. The van der Waals surface area contributed by atoms with Gasteiger partial charge in [-0.15, -0.1) is 0 Å². The van der Waals surface area contributed by atoms with Gasteiger partial charge in [0.05, 0.1) is 22.9 Å². The molecule has 1 aliphatic heterocycles. The summed E-state index contributed by atoms with van der Waals surface area (Å²) in [5.74, 6) is 0.495. The molecular weight excluding hydrogens is 402 g/mol. The molecule has 1 N–H and O–H groups in total. The van der Waals surface area contributed by atoms with E-state index in [2.05, 4.69) is 10.2 Å². The highest BCUT2D eigenvalue weighted by molar-refractivity contribution is 7.92. The Labute approximate surface area is 175 Å². The molecule has 1 saturated heterocycles. The van der Waals surface area contributed by atoms with Crippen LogP contribution in [0.25, 0.3) is 11.3 Å². The first-order chi connectivity index (χ1) is 14.5. The Morgan fingerprint density at radius 3 is 2.43 bits per heavy atom. The number of benzene rings is 2. The van der Waals surface area contributed by atoms with Gasteiger partial charge in [-0.3, -0.25) is 9.89 Å². The van der Waals surface area contributed by atoms with Crippen molar-refractivity contribution in [3.63, 3.8) is 0 Å². The first-order valence-corrected chi connectivity index (χ1v) is 11.3. The van der Waals surface area contributed by atoms with E-state index in [-0.39, 0.29) is 5.91 Å². The highest BCUT2D eigenvalue weighted by Crippen LogP contribution is 2.29. The zero-order valence-corrected chi connectivity index (χ0v) is 17.4. The summed E-state index contributed by atoms with van der Waals surface area (Å²) in [6.07, 6.45) is 0.826. The number of amides is 1. The number of rotatable bonds is 5. The van der Waals surface area contributed by atoms with Crippen LogP contribution in [0.4, 0.5) is 0 Å². The monoisotopic (exact) mass is 425 g/mol. The predicted molar refractivity (Wildman–Crippen MR) is 113 cm³/mol. The number of aromatic nitrogens is 2. The molecule has 1 fully saturated rings. The number of para-hydroxylation sites is 1. The summed E-state index contributed by atoms with van der Waals surface area (Å²) < 4.78 is 31.0. The molecule has 1 aliphatic rings. The zero-order chi connectivity index (χ0) is 21.1. The molecule has 0 aliphatic carbocycles. The fraction of sp³-hybridized carbons (Fsp3) is 0.273. The molecule has 0 atom stereocenters. The average molecular weight is 426 g/mol. The van der Waals surface area contributed by atoms with Crippen molar-refractivity contribution in [2.24, 2.45) is 0 Å². The average Bonchev–Trinajstić information content (AvgIpc) is 3.29. The third-order valence-electron chi connectivity index (χ3n) is 5.43. The molecule has 30 heavy (non-hydrogen) atoms. The van der Waals surface area contributed by atoms with E-state index in [4.69, 9.17) is 4.74 Å². The van der Waals surface area contributed by atoms with Gasteiger partial charge in [0.1, 0.15) is 11.4 Å². The highest BCUT2D eigenvalue weighted by Gasteiger charge is 2.33. The Balaban J connectivity index is 1.45. The minimum atomic E-state index is -3.39. The fourth-order valence-corrected chi connectivity index (χ4v) is 5.52. The number of sulfone groups is 1. The molecule has 4 rings (SSSR count). The molecule has 1 aromatic heterocycles. The van der Waals surface area contributed by atoms with E-state index in [1.165, 1.54) is 0 Å². The summed E-state index contributed by atoms with van der Waals surface area (Å²) in [5.41, 5.74) is 1.79. The van der Waals surface area contributed by atoms with Crippen LogP contribution in [0.3, 0.4) is 0 Å². The normalized spacial score (nSPS) is 15.2. The number of nitrogens with one attached hydrogen (secondary N) is 1. The van der Waals surface area contributed by atoms with Gasteiger partial charge in [-0.1, -0.05) is 30.3 Å². The number of aromatic amines is 1. The quantitative estimate of drug-likeness (QED) is 0.678. The maximum atomic E-state index is 12.9. The topological polar surface area (TPSA) is 92.4 Å². The summed E-state index contributed by atoms with van der Waals surface area (Å²) in [5, 5.41) is 6.58. The Hall–Kier alpha value is -3.13. The van der Waals surface area contributed by atoms with E-state index < -0.39 is 15.1 Å². The molecule has 2 aromatic carbocycles. The molecular formula is C22H23N3O4S. The van der Waals surface area contributed by atoms with Crippen molar-refractivity contribution in [1.82, 2.24) is 15.1 Å². The summed E-state index contributed by atoms with van der Waals surface area (Å²) in [4.78, 5) is 14.9. The van der Waals surface area contributed by atoms with Crippen molar-refractivity contribution >= 4 is 15.7 Å². The predicted octanol–water partition coefficient (Wildman–Crippen LogP) is 3.16. The smallest absolute Gasteiger partial charge is 0.271 e. The number of H-pyrrole nitrogens is 1. The van der Waals surface area contributed by atoms with Crippen LogP contribution in [-0.4, -0.2) is 54.9 Å². The lowest BCUT2D eigenvalue weighted by molar-refractivity contribution is 0.0719. The lowest BCUT2D eigenvalue weighted by atomic mass is 10.1. The van der Waals surface area contributed by atoms with E-state index >= 15 is 0 Å². The van der Waals surface area contributed by atoms with Crippen LogP contribution in [0.15, 0.2) is 65.6 Å². The minimum Gasteiger partial charge on any atom is -0.496 e. The first-order valence-electron chi connectivity index (χ1n) is 9.77. The summed E-state index contributed by atoms with van der Waals surface area (Å²) in [6, 6.07) is 17.7. The lowest BCUT2D eigenvalue weighted by Gasteiger charge is -2.31. The number of nitrogens with zero attached hydrogens (tertiary/aromatic N) is 2. The van der Waals surface area contributed by atoms with Gasteiger partial charge in [0.25, 0.3) is 5.91 Å². The molecule has 0 bridgehead atoms. The SMILES string of the molecule is COc1ccccc1-c1cc(C(=O)N2CCC(S(=O)(=O)c3ccccc3)CC2)[nH]n1. The van der Waals surface area contributed by atoms with Crippen molar-refractivity contribution in [2.75, 3.05) is 20.2 Å². The van der Waals surface area contributed by atoms with Crippen LogP contribution in [0.5, 0.6) is 5.75 Å². The van der Waals surface area contributed by atoms with Gasteiger partial charge >= 0.3 is 0 Å². The number of likely N-dealkylation sites (tertiary alicyclic amines) is 1. The van der Waals surface area contributed by atoms with Gasteiger partial charge in [0.15, 0.2) is 9.84 Å². The standard InChI is InChI=1S/C22H23N3O4S/c1-29-21-10-6-5-9-18(21)19-15-20(24-23-19)22(26)25-13-11-17(12-14-25)30(27,28)16-7-3-2-4-8-16/h2-10,15,17H,11-14H2,1H3,(H,23,24). The van der Waals surface area contributed by atoms with Gasteiger partial charge in [-0.2, -0.15) is 5.10 Å². The van der Waals surface area contributed by atoms with Gasteiger partial charge in [0.2, 0.25) is 0 Å². The van der Waals surface area contributed by atoms with Crippen molar-refractivity contribution in [3.05, 3.63) is 66.4 Å². The number of carbonyl (C=O) groups is 1. The van der Waals surface area contributed by atoms with Crippen LogP contribution in [0, 0.1) is 0 Å². The third-order valence-corrected chi connectivity index (χ3v) is 7.71. The number of hydrogen-bond donors (Lipinski definition) is 1. The zero-order valence-electron chi connectivity index (χ0n) is 16.6. The van der Waals surface area contributed by atoms with Crippen molar-refractivity contribution in [3.8, 4) is 17.0 Å². The Morgan fingerprint density at radius 1 is 1.07 bits per heavy atom. The molecule has 0 saturated carbocycles. The molecule has 0 radical (unpaired) electrons. The summed E-state index contributed by atoms with van der Waals surface area (Å²) >= 11 is 0. The Bertz CT molecular complexity index is 1130. The van der Waals surface area contributed by atoms with Crippen LogP contribution in [0.2, 0.25) is 0 Å². The fourth-order valence-electron chi connectivity index (χ4n) is 3.77. The van der Waals surface area contributed by atoms with E-state index in [1.54, 1.807) is 48.4 Å². The molecule has 3 aromatic rings. The Kier molecular flexibility index (Phi) is 5.59. The van der Waals surface area contributed by atoms with Crippen molar-refractivity contribution < 1.29 is 17.9 Å². The lowest BCUT2D eigenvalue weighted by Crippen LogP contribution is -2.42. The summed E-state index contributed by atoms with van der Waals surface area (Å²) in [7, 11) is -1.80. The Morgan fingerprint density at radius 2 is 1.73 bits per heavy atom. The molecule has 0 unspecified atom stereocenters. The van der Waals surface area contributed by atoms with Gasteiger partial charge in [0, 0.05) is 18.7 Å². The third kappa shape index (κ3) is 3.82. The van der Waals surface area contributed by atoms with Crippen LogP contribution in [-0.2, 0) is 9.84 Å². The van der Waals surface area contributed by atoms with Crippen LogP contribution < -0.4 is 4.74 Å². The van der Waals surface area contributed by atoms with E-state index in [0.29, 0.717) is 48.0 Å².